The quantitative estimate of drug-likeness (QED) is 0.609. The molecule has 16 heavy (non-hydrogen) atoms. The maximum absolute atomic E-state index is 13.0. The minimum Gasteiger partial charge on any atom is -0.345 e. The first-order valence-electron chi connectivity index (χ1n) is 4.89. The highest BCUT2D eigenvalue weighted by Crippen LogP contribution is 2.07. The van der Waals surface area contributed by atoms with Crippen LogP contribution in [0.3, 0.4) is 0 Å². The summed E-state index contributed by atoms with van der Waals surface area (Å²) in [5.41, 5.74) is -0.429. The van der Waals surface area contributed by atoms with E-state index in [9.17, 15) is 14.0 Å². The number of aryl methyl sites for hydroxylation is 1. The van der Waals surface area contributed by atoms with E-state index in [1.807, 2.05) is 0 Å². The van der Waals surface area contributed by atoms with Crippen LogP contribution in [0.25, 0.3) is 0 Å². The lowest BCUT2D eigenvalue weighted by Crippen LogP contribution is -2.44. The highest BCUT2D eigenvalue weighted by atomic mass is 19.1. The van der Waals surface area contributed by atoms with E-state index in [0.717, 1.165) is 10.6 Å². The van der Waals surface area contributed by atoms with Gasteiger partial charge in [-0.25, -0.2) is 0 Å². The van der Waals surface area contributed by atoms with Gasteiger partial charge in [-0.05, 0) is 20.8 Å². The molecular formula is C11H15FN2O2. The molecule has 1 aromatic rings. The maximum atomic E-state index is 13.0. The smallest absolute Gasteiger partial charge is 0.292 e. The summed E-state index contributed by atoms with van der Waals surface area (Å²) in [6.07, 6.45) is 1.29. The standard InChI is InChI=1S/C11H15FN2O2/c1-11(2,3)13-10(16)9(15)7-5-8(12)14(4)6-7/h5-6H,1-4H3,(H,13,16). The van der Waals surface area contributed by atoms with Crippen molar-refractivity contribution in [2.75, 3.05) is 0 Å². The van der Waals surface area contributed by atoms with Gasteiger partial charge in [-0.2, -0.15) is 4.39 Å². The molecule has 88 valence electrons. The van der Waals surface area contributed by atoms with Gasteiger partial charge in [0.2, 0.25) is 0 Å². The van der Waals surface area contributed by atoms with Crippen molar-refractivity contribution in [2.24, 2.45) is 7.05 Å². The molecule has 0 fully saturated rings. The van der Waals surface area contributed by atoms with Crippen molar-refractivity contribution in [3.05, 3.63) is 23.8 Å². The second-order valence-corrected chi connectivity index (χ2v) is 4.70. The molecule has 5 heteroatoms. The monoisotopic (exact) mass is 226 g/mol. The van der Waals surface area contributed by atoms with Crippen molar-refractivity contribution in [1.82, 2.24) is 9.88 Å². The average Bonchev–Trinajstić information content (AvgIpc) is 2.43. The van der Waals surface area contributed by atoms with Crippen LogP contribution >= 0.6 is 0 Å². The van der Waals surface area contributed by atoms with Gasteiger partial charge in [0.25, 0.3) is 11.7 Å². The summed E-state index contributed by atoms with van der Waals surface area (Å²) in [5, 5.41) is 2.53. The number of Topliss-reactive ketones (excluding diaryl/α,β-unsaturated/α-hetero) is 1. The fourth-order valence-electron chi connectivity index (χ4n) is 1.19. The number of nitrogens with zero attached hydrogens (tertiary/aromatic N) is 1. The predicted octanol–water partition coefficient (Wildman–Crippen LogP) is 1.26. The van der Waals surface area contributed by atoms with Crippen LogP contribution in [-0.4, -0.2) is 21.8 Å². The number of nitrogens with one attached hydrogen (secondary N) is 1. The third-order valence-corrected chi connectivity index (χ3v) is 1.90. The summed E-state index contributed by atoms with van der Waals surface area (Å²) in [5.74, 6) is -2.00. The van der Waals surface area contributed by atoms with E-state index in [4.69, 9.17) is 0 Å². The van der Waals surface area contributed by atoms with Gasteiger partial charge in [-0.15, -0.1) is 0 Å². The van der Waals surface area contributed by atoms with E-state index in [1.165, 1.54) is 13.2 Å². The van der Waals surface area contributed by atoms with Crippen LogP contribution in [0.4, 0.5) is 4.39 Å². The topological polar surface area (TPSA) is 51.1 Å². The summed E-state index contributed by atoms with van der Waals surface area (Å²) in [6.45, 7) is 5.30. The van der Waals surface area contributed by atoms with Crippen molar-refractivity contribution < 1.29 is 14.0 Å². The van der Waals surface area contributed by atoms with Gasteiger partial charge < -0.3 is 9.88 Å². The highest BCUT2D eigenvalue weighted by molar-refractivity contribution is 6.42. The Labute approximate surface area is 93.4 Å². The molecule has 0 radical (unpaired) electrons. The van der Waals surface area contributed by atoms with Crippen LogP contribution in [0.5, 0.6) is 0 Å². The fraction of sp³-hybridized carbons (Fsp3) is 0.455. The predicted molar refractivity (Wildman–Crippen MR) is 57.6 cm³/mol. The van der Waals surface area contributed by atoms with Crippen LogP contribution in [0, 0.1) is 5.95 Å². The van der Waals surface area contributed by atoms with Gasteiger partial charge in [-0.3, -0.25) is 9.59 Å². The normalized spacial score (nSPS) is 11.3. The Morgan fingerprint density at radius 2 is 1.94 bits per heavy atom. The zero-order valence-electron chi connectivity index (χ0n) is 9.80. The van der Waals surface area contributed by atoms with Gasteiger partial charge in [0, 0.05) is 30.4 Å². The van der Waals surface area contributed by atoms with Gasteiger partial charge >= 0.3 is 0 Å². The largest absolute Gasteiger partial charge is 0.345 e. The molecule has 0 aliphatic rings. The van der Waals surface area contributed by atoms with E-state index < -0.39 is 23.2 Å². The number of ketones is 1. The average molecular weight is 226 g/mol. The number of carbonyl (C=O) groups is 2. The number of carbonyl (C=O) groups excluding carboxylic acids is 2. The van der Waals surface area contributed by atoms with Gasteiger partial charge in [-0.1, -0.05) is 0 Å². The lowest BCUT2D eigenvalue weighted by Gasteiger charge is -2.19. The van der Waals surface area contributed by atoms with Gasteiger partial charge in [0.05, 0.1) is 0 Å². The van der Waals surface area contributed by atoms with E-state index in [1.54, 1.807) is 20.8 Å². The van der Waals surface area contributed by atoms with Crippen LogP contribution in [-0.2, 0) is 11.8 Å². The first-order chi connectivity index (χ1) is 7.20. The SMILES string of the molecule is Cn1cc(C(=O)C(=O)NC(C)(C)C)cc1F. The lowest BCUT2D eigenvalue weighted by molar-refractivity contribution is -0.118. The summed E-state index contributed by atoms with van der Waals surface area (Å²) in [7, 11) is 1.47. The second kappa shape index (κ2) is 4.08. The van der Waals surface area contributed by atoms with Crippen molar-refractivity contribution in [1.29, 1.82) is 0 Å². The number of aromatic nitrogens is 1. The molecule has 0 unspecified atom stereocenters. The Kier molecular flexibility index (Phi) is 3.16. The minimum absolute atomic E-state index is 0.0572. The van der Waals surface area contributed by atoms with E-state index in [0.29, 0.717) is 0 Å². The molecular weight excluding hydrogens is 211 g/mol. The molecule has 0 saturated heterocycles. The molecule has 1 N–H and O–H groups in total. The number of amides is 1. The van der Waals surface area contributed by atoms with Crippen molar-refractivity contribution in [3.8, 4) is 0 Å². The maximum Gasteiger partial charge on any atom is 0.292 e. The van der Waals surface area contributed by atoms with E-state index >= 15 is 0 Å². The summed E-state index contributed by atoms with van der Waals surface area (Å²) in [4.78, 5) is 23.1. The number of hydrogen-bond donors (Lipinski definition) is 1. The zero-order chi connectivity index (χ0) is 12.5. The first kappa shape index (κ1) is 12.4. The molecule has 1 amide bonds. The number of halogens is 1. The van der Waals surface area contributed by atoms with Crippen LogP contribution in [0.2, 0.25) is 0 Å². The summed E-state index contributed by atoms with van der Waals surface area (Å²) < 4.78 is 14.1. The van der Waals surface area contributed by atoms with Crippen molar-refractivity contribution >= 4 is 11.7 Å². The summed E-state index contributed by atoms with van der Waals surface area (Å²) >= 11 is 0. The molecule has 1 aromatic heterocycles. The van der Waals surface area contributed by atoms with Crippen molar-refractivity contribution in [3.63, 3.8) is 0 Å². The Morgan fingerprint density at radius 1 is 1.38 bits per heavy atom. The third kappa shape index (κ3) is 2.92. The number of rotatable bonds is 2. The van der Waals surface area contributed by atoms with E-state index in [2.05, 4.69) is 5.32 Å². The molecule has 0 spiro atoms. The van der Waals surface area contributed by atoms with Crippen LogP contribution in [0.1, 0.15) is 31.1 Å². The summed E-state index contributed by atoms with van der Waals surface area (Å²) in [6, 6.07) is 1.05. The Balaban J connectivity index is 2.83. The molecule has 0 aliphatic carbocycles. The lowest BCUT2D eigenvalue weighted by atomic mass is 10.1. The molecule has 0 aliphatic heterocycles. The molecule has 0 saturated carbocycles. The second-order valence-electron chi connectivity index (χ2n) is 4.70. The Hall–Kier alpha value is -1.65. The van der Waals surface area contributed by atoms with Gasteiger partial charge in [0.15, 0.2) is 5.95 Å². The number of hydrogen-bond acceptors (Lipinski definition) is 2. The molecule has 0 atom stereocenters. The minimum atomic E-state index is -0.727. The first-order valence-corrected chi connectivity index (χ1v) is 4.89. The fourth-order valence-corrected chi connectivity index (χ4v) is 1.19. The Morgan fingerprint density at radius 3 is 2.31 bits per heavy atom. The highest BCUT2D eigenvalue weighted by Gasteiger charge is 2.22. The molecule has 0 aromatic carbocycles. The van der Waals surface area contributed by atoms with Crippen LogP contribution in [0.15, 0.2) is 12.3 Å². The molecule has 1 rings (SSSR count). The molecule has 1 heterocycles. The van der Waals surface area contributed by atoms with E-state index in [-0.39, 0.29) is 5.56 Å². The molecule has 0 bridgehead atoms. The van der Waals surface area contributed by atoms with Crippen molar-refractivity contribution in [2.45, 2.75) is 26.3 Å². The van der Waals surface area contributed by atoms with Crippen LogP contribution < -0.4 is 5.32 Å². The van der Waals surface area contributed by atoms with Gasteiger partial charge in [0.1, 0.15) is 0 Å². The Bertz CT molecular complexity index is 410. The third-order valence-electron chi connectivity index (χ3n) is 1.90. The zero-order valence-corrected chi connectivity index (χ0v) is 9.80. The molecule has 4 nitrogen and oxygen atoms in total.